The van der Waals surface area contributed by atoms with E-state index in [4.69, 9.17) is 0 Å². The lowest BCUT2D eigenvalue weighted by molar-refractivity contribution is -0.127. The van der Waals surface area contributed by atoms with E-state index in [0.29, 0.717) is 5.91 Å². The second kappa shape index (κ2) is 6.67. The highest BCUT2D eigenvalue weighted by molar-refractivity contribution is 7.19. The first-order chi connectivity index (χ1) is 11.7. The van der Waals surface area contributed by atoms with E-state index in [1.54, 1.807) is 0 Å². The number of hydrogen-bond acceptors (Lipinski definition) is 5. The Labute approximate surface area is 146 Å². The van der Waals surface area contributed by atoms with Gasteiger partial charge in [-0.25, -0.2) is 9.97 Å². The number of rotatable bonds is 5. The summed E-state index contributed by atoms with van der Waals surface area (Å²) in [5.74, 6) is 2.13. The van der Waals surface area contributed by atoms with Crippen molar-refractivity contribution in [1.29, 1.82) is 0 Å². The molecule has 5 nitrogen and oxygen atoms in total. The first kappa shape index (κ1) is 15.8. The molecule has 1 saturated heterocycles. The Morgan fingerprint density at radius 1 is 1.17 bits per heavy atom. The van der Waals surface area contributed by atoms with Crippen molar-refractivity contribution in [3.63, 3.8) is 0 Å². The van der Waals surface area contributed by atoms with Gasteiger partial charge < -0.3 is 10.2 Å². The van der Waals surface area contributed by atoms with Crippen molar-refractivity contribution < 1.29 is 4.79 Å². The SMILES string of the molecule is Cc1nc(NCCCN2CCCC2=O)c2c3c(sc2n1)CCCC3. The standard InChI is InChI=1S/C18H24N4OS/c1-12-20-17(19-9-5-11-22-10-4-8-15(22)23)16-13-6-2-3-7-14(13)24-18(16)21-12/h2-11H2,1H3,(H,19,20,21). The fourth-order valence-electron chi connectivity index (χ4n) is 3.81. The predicted molar refractivity (Wildman–Crippen MR) is 97.7 cm³/mol. The molecule has 1 aliphatic carbocycles. The summed E-state index contributed by atoms with van der Waals surface area (Å²) >= 11 is 1.84. The van der Waals surface area contributed by atoms with Crippen molar-refractivity contribution >= 4 is 33.3 Å². The Morgan fingerprint density at radius 3 is 2.88 bits per heavy atom. The second-order valence-electron chi connectivity index (χ2n) is 6.78. The number of hydrogen-bond donors (Lipinski definition) is 1. The molecule has 0 aromatic carbocycles. The molecule has 0 saturated carbocycles. The van der Waals surface area contributed by atoms with E-state index >= 15 is 0 Å². The third-order valence-electron chi connectivity index (χ3n) is 5.00. The number of anilines is 1. The molecule has 4 rings (SSSR count). The smallest absolute Gasteiger partial charge is 0.222 e. The van der Waals surface area contributed by atoms with Crippen LogP contribution in [-0.4, -0.2) is 40.4 Å². The summed E-state index contributed by atoms with van der Waals surface area (Å²) < 4.78 is 0. The van der Waals surface area contributed by atoms with Crippen LogP contribution in [0.3, 0.4) is 0 Å². The summed E-state index contributed by atoms with van der Waals surface area (Å²) in [7, 11) is 0. The zero-order valence-corrected chi connectivity index (χ0v) is 15.0. The number of likely N-dealkylation sites (tertiary alicyclic amines) is 1. The number of carbonyl (C=O) groups is 1. The zero-order valence-electron chi connectivity index (χ0n) is 14.2. The minimum atomic E-state index is 0.308. The highest BCUT2D eigenvalue weighted by Crippen LogP contribution is 2.38. The Balaban J connectivity index is 1.48. The number of aryl methyl sites for hydroxylation is 3. The molecular weight excluding hydrogens is 320 g/mol. The summed E-state index contributed by atoms with van der Waals surface area (Å²) in [6.07, 6.45) is 7.59. The van der Waals surface area contributed by atoms with E-state index in [1.165, 1.54) is 35.1 Å². The number of fused-ring (bicyclic) bond motifs is 3. The van der Waals surface area contributed by atoms with Crippen LogP contribution in [0.2, 0.25) is 0 Å². The monoisotopic (exact) mass is 344 g/mol. The average molecular weight is 344 g/mol. The lowest BCUT2D eigenvalue weighted by Crippen LogP contribution is -2.27. The van der Waals surface area contributed by atoms with Crippen LogP contribution in [0.25, 0.3) is 10.2 Å². The molecule has 0 bridgehead atoms. The molecule has 2 aliphatic rings. The van der Waals surface area contributed by atoms with Gasteiger partial charge >= 0.3 is 0 Å². The van der Waals surface area contributed by atoms with Gasteiger partial charge in [-0.3, -0.25) is 4.79 Å². The molecule has 0 spiro atoms. The van der Waals surface area contributed by atoms with Crippen molar-refractivity contribution in [1.82, 2.24) is 14.9 Å². The van der Waals surface area contributed by atoms with Gasteiger partial charge in [-0.05, 0) is 51.0 Å². The summed E-state index contributed by atoms with van der Waals surface area (Å²) in [5.41, 5.74) is 1.47. The normalized spacial score (nSPS) is 17.5. The van der Waals surface area contributed by atoms with Crippen LogP contribution in [0.15, 0.2) is 0 Å². The molecule has 2 aromatic heterocycles. The molecule has 1 amide bonds. The van der Waals surface area contributed by atoms with E-state index in [-0.39, 0.29) is 0 Å². The van der Waals surface area contributed by atoms with E-state index in [0.717, 1.165) is 61.8 Å². The van der Waals surface area contributed by atoms with Crippen LogP contribution in [0.1, 0.15) is 48.4 Å². The quantitative estimate of drug-likeness (QED) is 0.846. The summed E-state index contributed by atoms with van der Waals surface area (Å²) in [5, 5.41) is 4.77. The van der Waals surface area contributed by atoms with Gasteiger partial charge in [-0.15, -0.1) is 11.3 Å². The van der Waals surface area contributed by atoms with Gasteiger partial charge in [0.25, 0.3) is 0 Å². The number of nitrogens with zero attached hydrogens (tertiary/aromatic N) is 3. The highest BCUT2D eigenvalue weighted by atomic mass is 32.1. The van der Waals surface area contributed by atoms with Crippen molar-refractivity contribution in [2.45, 2.75) is 51.9 Å². The average Bonchev–Trinajstić information content (AvgIpc) is 3.14. The Bertz CT molecular complexity index is 770. The van der Waals surface area contributed by atoms with Crippen LogP contribution >= 0.6 is 11.3 Å². The van der Waals surface area contributed by atoms with E-state index in [2.05, 4.69) is 15.3 Å². The van der Waals surface area contributed by atoms with E-state index in [9.17, 15) is 4.79 Å². The van der Waals surface area contributed by atoms with Crippen molar-refractivity contribution in [2.75, 3.05) is 25.0 Å². The largest absolute Gasteiger partial charge is 0.369 e. The predicted octanol–water partition coefficient (Wildman–Crippen LogP) is 3.30. The van der Waals surface area contributed by atoms with Crippen LogP contribution in [0.5, 0.6) is 0 Å². The van der Waals surface area contributed by atoms with E-state index < -0.39 is 0 Å². The number of aromatic nitrogens is 2. The lowest BCUT2D eigenvalue weighted by atomic mass is 9.97. The molecule has 3 heterocycles. The topological polar surface area (TPSA) is 58.1 Å². The zero-order chi connectivity index (χ0) is 16.5. The van der Waals surface area contributed by atoms with Gasteiger partial charge in [0, 0.05) is 30.9 Å². The molecule has 2 aromatic rings. The van der Waals surface area contributed by atoms with Gasteiger partial charge in [-0.1, -0.05) is 0 Å². The second-order valence-corrected chi connectivity index (χ2v) is 7.86. The van der Waals surface area contributed by atoms with Gasteiger partial charge in [0.05, 0.1) is 5.39 Å². The molecule has 1 aliphatic heterocycles. The van der Waals surface area contributed by atoms with Crippen LogP contribution < -0.4 is 5.32 Å². The summed E-state index contributed by atoms with van der Waals surface area (Å²) in [6, 6.07) is 0. The molecule has 0 atom stereocenters. The van der Waals surface area contributed by atoms with Gasteiger partial charge in [0.15, 0.2) is 0 Å². The fourth-order valence-corrected chi connectivity index (χ4v) is 5.12. The molecule has 24 heavy (non-hydrogen) atoms. The van der Waals surface area contributed by atoms with Crippen molar-refractivity contribution in [2.24, 2.45) is 0 Å². The summed E-state index contributed by atoms with van der Waals surface area (Å²) in [4.78, 5) is 25.6. The lowest BCUT2D eigenvalue weighted by Gasteiger charge is -2.16. The molecule has 0 unspecified atom stereocenters. The number of thiophene rings is 1. The maximum Gasteiger partial charge on any atom is 0.222 e. The molecular formula is C18H24N4OS. The summed E-state index contributed by atoms with van der Waals surface area (Å²) in [6.45, 7) is 4.58. The van der Waals surface area contributed by atoms with Crippen molar-refractivity contribution in [3.8, 4) is 0 Å². The van der Waals surface area contributed by atoms with Gasteiger partial charge in [0.1, 0.15) is 16.5 Å². The molecule has 0 radical (unpaired) electrons. The molecule has 1 fully saturated rings. The Morgan fingerprint density at radius 2 is 2.04 bits per heavy atom. The number of carbonyl (C=O) groups excluding carboxylic acids is 1. The number of nitrogens with one attached hydrogen (secondary N) is 1. The maximum atomic E-state index is 11.7. The van der Waals surface area contributed by atoms with Crippen LogP contribution in [0.4, 0.5) is 5.82 Å². The third kappa shape index (κ3) is 2.99. The fraction of sp³-hybridized carbons (Fsp3) is 0.611. The van der Waals surface area contributed by atoms with Gasteiger partial charge in [-0.2, -0.15) is 0 Å². The Kier molecular flexibility index (Phi) is 4.39. The van der Waals surface area contributed by atoms with Crippen LogP contribution in [-0.2, 0) is 17.6 Å². The van der Waals surface area contributed by atoms with Crippen molar-refractivity contribution in [3.05, 3.63) is 16.3 Å². The third-order valence-corrected chi connectivity index (χ3v) is 6.18. The first-order valence-electron chi connectivity index (χ1n) is 9.03. The minimum absolute atomic E-state index is 0.308. The van der Waals surface area contributed by atoms with Crippen LogP contribution in [0, 0.1) is 6.92 Å². The highest BCUT2D eigenvalue weighted by Gasteiger charge is 2.21. The maximum absolute atomic E-state index is 11.7. The first-order valence-corrected chi connectivity index (χ1v) is 9.84. The molecule has 1 N–H and O–H groups in total. The molecule has 128 valence electrons. The minimum Gasteiger partial charge on any atom is -0.369 e. The Hall–Kier alpha value is -1.69. The molecule has 6 heteroatoms. The number of amides is 1. The van der Waals surface area contributed by atoms with E-state index in [1.807, 2.05) is 23.2 Å². The van der Waals surface area contributed by atoms with Gasteiger partial charge in [0.2, 0.25) is 5.91 Å².